The molecular weight excluding hydrogens is 452 g/mol. The molecule has 0 aliphatic carbocycles. The number of carbonyl (C=O) groups is 1. The van der Waals surface area contributed by atoms with Crippen molar-refractivity contribution in [2.45, 2.75) is 48.6 Å². The highest BCUT2D eigenvalue weighted by Gasteiger charge is 2.18. The molecule has 178 valence electrons. The van der Waals surface area contributed by atoms with E-state index in [1.807, 2.05) is 61.0 Å². The fourth-order valence-corrected chi connectivity index (χ4v) is 4.12. The number of rotatable bonds is 6. The topological polar surface area (TPSA) is 69.9 Å². The van der Waals surface area contributed by atoms with Crippen molar-refractivity contribution in [2.24, 2.45) is 5.92 Å². The molecule has 0 aliphatic heterocycles. The van der Waals surface area contributed by atoms with Crippen LogP contribution in [0.25, 0.3) is 22.0 Å². The van der Waals surface area contributed by atoms with Gasteiger partial charge in [0.1, 0.15) is 22.1 Å². The van der Waals surface area contributed by atoms with E-state index in [1.165, 1.54) is 11.3 Å². The Morgan fingerprint density at radius 3 is 2.09 bits per heavy atom. The fourth-order valence-electron chi connectivity index (χ4n) is 2.68. The Morgan fingerprint density at radius 1 is 0.939 bits per heavy atom. The smallest absolute Gasteiger partial charge is 0.175 e. The zero-order chi connectivity index (χ0) is 22.4. The lowest BCUT2D eigenvalue weighted by Gasteiger charge is -2.02. The average molecular weight is 487 g/mol. The summed E-state index contributed by atoms with van der Waals surface area (Å²) in [5.41, 5.74) is 2.68. The van der Waals surface area contributed by atoms with E-state index in [-0.39, 0.29) is 32.6 Å². The Hall–Kier alpha value is -2.84. The summed E-state index contributed by atoms with van der Waals surface area (Å²) in [6.45, 7) is 7.96. The van der Waals surface area contributed by atoms with E-state index >= 15 is 0 Å². The lowest BCUT2D eigenvalue weighted by Crippen LogP contribution is -2.04. The van der Waals surface area contributed by atoms with Gasteiger partial charge in [0.25, 0.3) is 0 Å². The van der Waals surface area contributed by atoms with Crippen molar-refractivity contribution in [1.29, 1.82) is 0 Å². The quantitative estimate of drug-likeness (QED) is 0.264. The van der Waals surface area contributed by atoms with Crippen molar-refractivity contribution >= 4 is 28.5 Å². The monoisotopic (exact) mass is 486 g/mol. The van der Waals surface area contributed by atoms with Crippen molar-refractivity contribution in [2.75, 3.05) is 7.11 Å². The Balaban J connectivity index is 0.000000388. The maximum atomic E-state index is 11.2. The molecule has 0 unspecified atom stereocenters. The van der Waals surface area contributed by atoms with Gasteiger partial charge in [0.2, 0.25) is 0 Å². The van der Waals surface area contributed by atoms with Gasteiger partial charge in [-0.15, -0.1) is 27.8 Å². The van der Waals surface area contributed by atoms with Crippen LogP contribution in [0.4, 0.5) is 0 Å². The lowest BCUT2D eigenvalue weighted by atomic mass is 10.1. The highest BCUT2D eigenvalue weighted by atomic mass is 32.1. The van der Waals surface area contributed by atoms with Crippen LogP contribution in [0.3, 0.4) is 0 Å². The summed E-state index contributed by atoms with van der Waals surface area (Å²) >= 11 is 3.08. The summed E-state index contributed by atoms with van der Waals surface area (Å²) in [6, 6.07) is 11.8. The largest absolute Gasteiger partial charge is 0.497 e. The summed E-state index contributed by atoms with van der Waals surface area (Å²) in [5, 5.41) is 14.0. The number of ether oxygens (including phenoxy) is 1. The molecule has 3 heterocycles. The number of benzene rings is 1. The molecule has 0 bridgehead atoms. The van der Waals surface area contributed by atoms with Crippen molar-refractivity contribution in [1.82, 2.24) is 20.0 Å². The average Bonchev–Trinajstić information content (AvgIpc) is 3.54. The van der Waals surface area contributed by atoms with E-state index in [4.69, 9.17) is 4.74 Å². The Bertz CT molecular complexity index is 1080. The summed E-state index contributed by atoms with van der Waals surface area (Å²) in [5.74, 6) is 1.19. The lowest BCUT2D eigenvalue weighted by molar-refractivity contribution is 0.0943. The van der Waals surface area contributed by atoms with Crippen LogP contribution in [0.5, 0.6) is 5.75 Å². The molecule has 3 aromatic heterocycles. The van der Waals surface area contributed by atoms with Gasteiger partial charge < -0.3 is 4.74 Å². The van der Waals surface area contributed by atoms with Crippen LogP contribution >= 0.6 is 22.7 Å². The fraction of sp³-hybridized carbons (Fsp3) is 0.360. The third-order valence-electron chi connectivity index (χ3n) is 4.38. The predicted molar refractivity (Wildman–Crippen MR) is 140 cm³/mol. The van der Waals surface area contributed by atoms with Gasteiger partial charge >= 0.3 is 0 Å². The highest BCUT2D eigenvalue weighted by Crippen LogP contribution is 2.31. The second-order valence-corrected chi connectivity index (χ2v) is 9.22. The van der Waals surface area contributed by atoms with Gasteiger partial charge in [0, 0.05) is 23.1 Å². The van der Waals surface area contributed by atoms with Crippen LogP contribution in [0.15, 0.2) is 53.4 Å². The number of hydrogen-bond acceptors (Lipinski definition) is 7. The first kappa shape index (κ1) is 28.2. The van der Waals surface area contributed by atoms with E-state index in [2.05, 4.69) is 29.0 Å². The minimum Gasteiger partial charge on any atom is -0.497 e. The predicted octanol–water partition coefficient (Wildman–Crippen LogP) is 7.52. The van der Waals surface area contributed by atoms with Gasteiger partial charge in [-0.2, -0.15) is 9.90 Å². The van der Waals surface area contributed by atoms with Gasteiger partial charge in [-0.3, -0.25) is 4.79 Å². The Kier molecular flexibility index (Phi) is 11.1. The normalized spacial score (nSPS) is 10.2. The van der Waals surface area contributed by atoms with Gasteiger partial charge in [-0.1, -0.05) is 34.8 Å². The number of methoxy groups -OCH3 is 1. The van der Waals surface area contributed by atoms with Gasteiger partial charge in [-0.05, 0) is 49.6 Å². The SMILES string of the molecule is C.C.CC(C)C(=O)c1cccs1.COc1ccc(-c2nn(C(C)C)nc2-c2nccs2)cc1. The van der Waals surface area contributed by atoms with E-state index < -0.39 is 0 Å². The zero-order valence-electron chi connectivity index (χ0n) is 18.3. The number of carbonyl (C=O) groups excluding carboxylic acids is 1. The molecule has 1 aromatic carbocycles. The van der Waals surface area contributed by atoms with Gasteiger partial charge in [0.15, 0.2) is 5.78 Å². The van der Waals surface area contributed by atoms with E-state index in [9.17, 15) is 4.79 Å². The third kappa shape index (κ3) is 7.07. The Labute approximate surface area is 205 Å². The molecule has 0 saturated carbocycles. The standard InChI is InChI=1S/C15H16N4OS.C8H10OS.2CH4/c1-10(2)19-17-13(11-4-6-12(20-3)7-5-11)14(18-19)15-16-8-9-21-15;1-6(2)8(9)7-4-3-5-10-7;;/h4-10H,1-3H3;3-6H,1-2H3;2*1H4. The van der Waals surface area contributed by atoms with Crippen LogP contribution in [-0.2, 0) is 0 Å². The number of thiophene rings is 1. The third-order valence-corrected chi connectivity index (χ3v) is 6.04. The summed E-state index contributed by atoms with van der Waals surface area (Å²) < 4.78 is 5.20. The second-order valence-electron chi connectivity index (χ2n) is 7.37. The molecule has 4 rings (SSSR count). The molecule has 0 radical (unpaired) electrons. The van der Waals surface area contributed by atoms with Crippen LogP contribution < -0.4 is 4.74 Å². The van der Waals surface area contributed by atoms with Crippen molar-refractivity contribution in [3.8, 4) is 27.7 Å². The summed E-state index contributed by atoms with van der Waals surface area (Å²) in [4.78, 5) is 18.2. The first-order chi connectivity index (χ1) is 14.9. The maximum absolute atomic E-state index is 11.2. The number of Topliss-reactive ketones (excluding diaryl/α,β-unsaturated/α-hetero) is 1. The first-order valence-corrected chi connectivity index (χ1v) is 11.8. The van der Waals surface area contributed by atoms with Crippen LogP contribution in [-0.4, -0.2) is 32.9 Å². The number of hydrogen-bond donors (Lipinski definition) is 0. The number of thiazole rings is 1. The van der Waals surface area contributed by atoms with Crippen LogP contribution in [0, 0.1) is 5.92 Å². The van der Waals surface area contributed by atoms with Gasteiger partial charge in [0.05, 0.1) is 18.0 Å². The van der Waals surface area contributed by atoms with Crippen LogP contribution in [0.2, 0.25) is 0 Å². The van der Waals surface area contributed by atoms with Gasteiger partial charge in [-0.25, -0.2) is 4.98 Å². The highest BCUT2D eigenvalue weighted by molar-refractivity contribution is 7.13. The first-order valence-electron chi connectivity index (χ1n) is 9.99. The minimum atomic E-state index is 0. The number of aromatic nitrogens is 4. The molecule has 0 spiro atoms. The molecule has 8 heteroatoms. The molecular formula is C25H34N4O2S2. The summed E-state index contributed by atoms with van der Waals surface area (Å²) in [7, 11) is 1.66. The van der Waals surface area contributed by atoms with Crippen molar-refractivity contribution in [3.05, 3.63) is 58.2 Å². The maximum Gasteiger partial charge on any atom is 0.175 e. The molecule has 0 N–H and O–H groups in total. The molecule has 33 heavy (non-hydrogen) atoms. The van der Waals surface area contributed by atoms with Crippen molar-refractivity contribution < 1.29 is 9.53 Å². The zero-order valence-corrected chi connectivity index (χ0v) is 19.9. The van der Waals surface area contributed by atoms with Crippen molar-refractivity contribution in [3.63, 3.8) is 0 Å². The molecule has 4 aromatic rings. The van der Waals surface area contributed by atoms with E-state index in [0.717, 1.165) is 32.6 Å². The second kappa shape index (κ2) is 13.0. The summed E-state index contributed by atoms with van der Waals surface area (Å²) in [6.07, 6.45) is 1.78. The van der Waals surface area contributed by atoms with E-state index in [0.29, 0.717) is 0 Å². The minimum absolute atomic E-state index is 0. The molecule has 0 atom stereocenters. The van der Waals surface area contributed by atoms with Crippen LogP contribution in [0.1, 0.15) is 58.3 Å². The number of nitrogens with zero attached hydrogens (tertiary/aromatic N) is 4. The molecule has 6 nitrogen and oxygen atoms in total. The molecule has 0 saturated heterocycles. The number of ketones is 1. The molecule has 0 amide bonds. The Morgan fingerprint density at radius 2 is 1.61 bits per heavy atom. The molecule has 0 fully saturated rings. The van der Waals surface area contributed by atoms with E-state index in [1.54, 1.807) is 29.4 Å². The molecule has 0 aliphatic rings.